The highest BCUT2D eigenvalue weighted by atomic mass is 16.4. The van der Waals surface area contributed by atoms with E-state index in [0.717, 1.165) is 42.7 Å². The van der Waals surface area contributed by atoms with E-state index in [-0.39, 0.29) is 11.5 Å². The summed E-state index contributed by atoms with van der Waals surface area (Å²) >= 11 is 0. The summed E-state index contributed by atoms with van der Waals surface area (Å²) < 4.78 is 0. The van der Waals surface area contributed by atoms with E-state index in [9.17, 15) is 5.11 Å². The Hall–Kier alpha value is -0.570. The molecule has 0 spiro atoms. The molecule has 0 radical (unpaired) electrons. The van der Waals surface area contributed by atoms with Crippen molar-refractivity contribution in [3.05, 3.63) is 0 Å². The number of nitrogens with zero attached hydrogens (tertiary/aromatic N) is 1. The molecule has 0 aromatic rings. The van der Waals surface area contributed by atoms with Gasteiger partial charge in [0, 0.05) is 0 Å². The Kier molecular flexibility index (Phi) is 3.38. The average Bonchev–Trinajstić information content (AvgIpc) is 2.82. The first-order chi connectivity index (χ1) is 10.5. The molecule has 22 heavy (non-hydrogen) atoms. The van der Waals surface area contributed by atoms with Crippen molar-refractivity contribution in [1.82, 2.24) is 0 Å². The van der Waals surface area contributed by atoms with Gasteiger partial charge in [-0.05, 0) is 92.3 Å². The molecule has 0 heterocycles. The normalized spacial score (nSPS) is 56.3. The van der Waals surface area contributed by atoms with E-state index in [1.807, 2.05) is 0 Å². The summed E-state index contributed by atoms with van der Waals surface area (Å²) in [4.78, 5) is 0. The van der Waals surface area contributed by atoms with Crippen molar-refractivity contribution in [2.24, 2.45) is 39.7 Å². The van der Waals surface area contributed by atoms with Crippen LogP contribution in [0.1, 0.15) is 71.6 Å². The number of hydrogen-bond donors (Lipinski definition) is 2. The maximum absolute atomic E-state index is 10.5. The molecule has 3 nitrogen and oxygen atoms in total. The number of rotatable bonds is 0. The predicted molar refractivity (Wildman–Crippen MR) is 87.0 cm³/mol. The molecule has 0 aliphatic heterocycles. The largest absolute Gasteiger partial charge is 0.411 e. The highest BCUT2D eigenvalue weighted by molar-refractivity contribution is 5.85. The maximum Gasteiger partial charge on any atom is 0.0596 e. The monoisotopic (exact) mass is 305 g/mol. The molecular formula is C19H31NO2. The third kappa shape index (κ3) is 1.87. The van der Waals surface area contributed by atoms with Gasteiger partial charge in [0.25, 0.3) is 0 Å². The molecule has 4 fully saturated rings. The Morgan fingerprint density at radius 2 is 1.73 bits per heavy atom. The van der Waals surface area contributed by atoms with Crippen molar-refractivity contribution < 1.29 is 10.3 Å². The van der Waals surface area contributed by atoms with Crippen molar-refractivity contribution in [3.8, 4) is 0 Å². The molecule has 0 unspecified atom stereocenters. The fourth-order valence-electron chi connectivity index (χ4n) is 7.12. The summed E-state index contributed by atoms with van der Waals surface area (Å²) in [6.45, 7) is 4.88. The van der Waals surface area contributed by atoms with Crippen LogP contribution in [0.3, 0.4) is 0 Å². The second kappa shape index (κ2) is 4.96. The Balaban J connectivity index is 1.62. The van der Waals surface area contributed by atoms with Gasteiger partial charge in [-0.15, -0.1) is 0 Å². The highest BCUT2D eigenvalue weighted by Crippen LogP contribution is 2.65. The number of hydrogen-bond acceptors (Lipinski definition) is 3. The third-order valence-electron chi connectivity index (χ3n) is 8.59. The number of aliphatic hydroxyl groups is 1. The zero-order chi connectivity index (χ0) is 15.5. The molecule has 3 heteroatoms. The molecule has 124 valence electrons. The van der Waals surface area contributed by atoms with E-state index in [0.29, 0.717) is 11.3 Å². The molecule has 4 saturated carbocycles. The minimum Gasteiger partial charge on any atom is -0.411 e. The molecule has 4 rings (SSSR count). The second-order valence-electron chi connectivity index (χ2n) is 9.16. The van der Waals surface area contributed by atoms with Crippen LogP contribution in [0.2, 0.25) is 0 Å². The average molecular weight is 305 g/mol. The van der Waals surface area contributed by atoms with Crippen LogP contribution >= 0.6 is 0 Å². The maximum atomic E-state index is 10.5. The lowest BCUT2D eigenvalue weighted by Gasteiger charge is -2.60. The quantitative estimate of drug-likeness (QED) is 0.520. The first kappa shape index (κ1) is 15.0. The van der Waals surface area contributed by atoms with E-state index in [2.05, 4.69) is 19.0 Å². The van der Waals surface area contributed by atoms with E-state index in [1.54, 1.807) is 0 Å². The Morgan fingerprint density at radius 1 is 0.955 bits per heavy atom. The van der Waals surface area contributed by atoms with Crippen molar-refractivity contribution in [2.75, 3.05) is 0 Å². The molecule has 0 saturated heterocycles. The van der Waals surface area contributed by atoms with Crippen molar-refractivity contribution >= 4 is 5.71 Å². The molecule has 4 aliphatic rings. The van der Waals surface area contributed by atoms with Gasteiger partial charge in [0.2, 0.25) is 0 Å². The smallest absolute Gasteiger partial charge is 0.0596 e. The molecule has 0 aromatic heterocycles. The summed E-state index contributed by atoms with van der Waals surface area (Å²) in [5, 5.41) is 23.2. The number of fused-ring (bicyclic) bond motifs is 5. The minimum absolute atomic E-state index is 0.0662. The van der Waals surface area contributed by atoms with E-state index < -0.39 is 0 Å². The fraction of sp³-hybridized carbons (Fsp3) is 0.947. The van der Waals surface area contributed by atoms with Gasteiger partial charge in [-0.2, -0.15) is 0 Å². The van der Waals surface area contributed by atoms with Crippen LogP contribution in [0, 0.1) is 34.5 Å². The molecule has 0 amide bonds. The molecule has 0 aromatic carbocycles. The first-order valence-electron chi connectivity index (χ1n) is 9.37. The second-order valence-corrected chi connectivity index (χ2v) is 9.16. The summed E-state index contributed by atoms with van der Waals surface area (Å²) in [5.74, 6) is 3.11. The zero-order valence-corrected chi connectivity index (χ0v) is 14.1. The standard InChI is InChI=1S/C19H31NO2/c1-18-9-7-13(20-22)11-12(18)3-4-14-15-5-6-17(21)19(15,2)10-8-16(14)18/h12,14-17,21-22H,3-11H2,1-2H3/t12-,14+,15+,16-,17-,18-,19-/m0/s1. The summed E-state index contributed by atoms with van der Waals surface area (Å²) in [6, 6.07) is 0. The first-order valence-corrected chi connectivity index (χ1v) is 9.37. The molecule has 4 aliphatic carbocycles. The Bertz CT molecular complexity index is 490. The zero-order valence-electron chi connectivity index (χ0n) is 14.1. The topological polar surface area (TPSA) is 52.8 Å². The van der Waals surface area contributed by atoms with Gasteiger partial charge >= 0.3 is 0 Å². The van der Waals surface area contributed by atoms with Crippen LogP contribution in [-0.2, 0) is 0 Å². The Morgan fingerprint density at radius 3 is 2.50 bits per heavy atom. The van der Waals surface area contributed by atoms with Gasteiger partial charge in [0.05, 0.1) is 11.8 Å². The summed E-state index contributed by atoms with van der Waals surface area (Å²) in [5.41, 5.74) is 1.65. The van der Waals surface area contributed by atoms with Crippen LogP contribution < -0.4 is 0 Å². The lowest BCUT2D eigenvalue weighted by molar-refractivity contribution is -0.112. The van der Waals surface area contributed by atoms with Crippen LogP contribution in [0.5, 0.6) is 0 Å². The van der Waals surface area contributed by atoms with Gasteiger partial charge < -0.3 is 10.3 Å². The predicted octanol–water partition coefficient (Wildman–Crippen LogP) is 4.22. The van der Waals surface area contributed by atoms with Crippen LogP contribution in [0.15, 0.2) is 5.16 Å². The van der Waals surface area contributed by atoms with Gasteiger partial charge in [-0.25, -0.2) is 0 Å². The van der Waals surface area contributed by atoms with Gasteiger partial charge in [-0.1, -0.05) is 19.0 Å². The van der Waals surface area contributed by atoms with Crippen LogP contribution in [0.4, 0.5) is 0 Å². The minimum atomic E-state index is -0.0662. The van der Waals surface area contributed by atoms with E-state index in [1.165, 1.54) is 38.5 Å². The van der Waals surface area contributed by atoms with Crippen LogP contribution in [-0.4, -0.2) is 22.1 Å². The van der Waals surface area contributed by atoms with E-state index in [4.69, 9.17) is 5.21 Å². The van der Waals surface area contributed by atoms with Gasteiger partial charge in [-0.3, -0.25) is 0 Å². The fourth-order valence-corrected chi connectivity index (χ4v) is 7.12. The van der Waals surface area contributed by atoms with Crippen molar-refractivity contribution in [1.29, 1.82) is 0 Å². The summed E-state index contributed by atoms with van der Waals surface area (Å²) in [7, 11) is 0. The third-order valence-corrected chi connectivity index (χ3v) is 8.59. The molecule has 7 atom stereocenters. The van der Waals surface area contributed by atoms with Gasteiger partial charge in [0.15, 0.2) is 0 Å². The number of aliphatic hydroxyl groups excluding tert-OH is 1. The van der Waals surface area contributed by atoms with Crippen LogP contribution in [0.25, 0.3) is 0 Å². The molecule has 2 N–H and O–H groups in total. The lowest BCUT2D eigenvalue weighted by atomic mass is 9.45. The van der Waals surface area contributed by atoms with Gasteiger partial charge in [0.1, 0.15) is 0 Å². The SMILES string of the molecule is C[C@]12CC[C@H]3[C@H](CC[C@H]4CC(=NO)CC[C@@]43C)[C@H]1CC[C@@H]2O. The lowest BCUT2D eigenvalue weighted by Crippen LogP contribution is -2.54. The number of oxime groups is 1. The van der Waals surface area contributed by atoms with Crippen molar-refractivity contribution in [3.63, 3.8) is 0 Å². The summed E-state index contributed by atoms with van der Waals surface area (Å²) in [6.07, 6.45) is 10.5. The molecular weight excluding hydrogens is 274 g/mol. The molecule has 0 bridgehead atoms. The Labute approximate surface area is 134 Å². The van der Waals surface area contributed by atoms with E-state index >= 15 is 0 Å². The van der Waals surface area contributed by atoms with Crippen molar-refractivity contribution in [2.45, 2.75) is 77.7 Å². The highest BCUT2D eigenvalue weighted by Gasteiger charge is 2.59.